The van der Waals surface area contributed by atoms with E-state index in [4.69, 9.17) is 10.5 Å². The molecule has 2 N–H and O–H groups in total. The molecule has 5 heteroatoms. The fourth-order valence-corrected chi connectivity index (χ4v) is 1.80. The summed E-state index contributed by atoms with van der Waals surface area (Å²) in [6, 6.07) is 3.38. The maximum atomic E-state index is 10.9. The highest BCUT2D eigenvalue weighted by Gasteiger charge is 2.22. The van der Waals surface area contributed by atoms with Crippen molar-refractivity contribution >= 4 is 6.03 Å². The van der Waals surface area contributed by atoms with Crippen molar-refractivity contribution < 1.29 is 9.53 Å². The number of hydrogen-bond donors (Lipinski definition) is 1. The number of hydrogen-bond acceptors (Lipinski definition) is 3. The molecule has 1 saturated heterocycles. The molecule has 1 fully saturated rings. The fourth-order valence-electron chi connectivity index (χ4n) is 1.80. The minimum atomic E-state index is -0.347. The summed E-state index contributed by atoms with van der Waals surface area (Å²) in [5, 5.41) is 0. The van der Waals surface area contributed by atoms with Gasteiger partial charge in [-0.25, -0.2) is 4.79 Å². The van der Waals surface area contributed by atoms with Crippen molar-refractivity contribution in [1.29, 1.82) is 0 Å². The van der Waals surface area contributed by atoms with Gasteiger partial charge in [0, 0.05) is 32.1 Å². The molecule has 2 amide bonds. The summed E-state index contributed by atoms with van der Waals surface area (Å²) in [6.45, 7) is 1.33. The first kappa shape index (κ1) is 10.7. The minimum absolute atomic E-state index is 0.153. The van der Waals surface area contributed by atoms with Gasteiger partial charge in [-0.3, -0.25) is 4.98 Å². The number of nitrogens with two attached hydrogens (primary N) is 1. The van der Waals surface area contributed by atoms with E-state index in [0.717, 1.165) is 18.6 Å². The number of urea groups is 1. The smallest absolute Gasteiger partial charge is 0.314 e. The van der Waals surface area contributed by atoms with E-state index in [1.165, 1.54) is 0 Å². The lowest BCUT2D eigenvalue weighted by molar-refractivity contribution is 0.114. The van der Waals surface area contributed by atoms with Gasteiger partial charge in [-0.1, -0.05) is 0 Å². The van der Waals surface area contributed by atoms with Crippen molar-refractivity contribution in [3.05, 3.63) is 24.5 Å². The van der Waals surface area contributed by atoms with Crippen molar-refractivity contribution in [2.24, 2.45) is 5.73 Å². The van der Waals surface area contributed by atoms with Gasteiger partial charge >= 0.3 is 6.03 Å². The van der Waals surface area contributed by atoms with E-state index >= 15 is 0 Å². The van der Waals surface area contributed by atoms with Crippen LogP contribution in [-0.4, -0.2) is 35.1 Å². The summed E-state index contributed by atoms with van der Waals surface area (Å²) in [7, 11) is 0. The summed E-state index contributed by atoms with van der Waals surface area (Å²) in [5.41, 5.74) is 5.20. The lowest BCUT2D eigenvalue weighted by atomic mass is 10.1. The van der Waals surface area contributed by atoms with E-state index in [1.807, 2.05) is 12.1 Å². The van der Waals surface area contributed by atoms with Crippen LogP contribution in [0.25, 0.3) is 0 Å². The van der Waals surface area contributed by atoms with Crippen molar-refractivity contribution in [2.75, 3.05) is 13.1 Å². The number of aromatic nitrogens is 1. The molecule has 0 bridgehead atoms. The molecule has 1 aliphatic heterocycles. The van der Waals surface area contributed by atoms with Crippen molar-refractivity contribution in [2.45, 2.75) is 18.9 Å². The number of nitrogens with zero attached hydrogens (tertiary/aromatic N) is 2. The highest BCUT2D eigenvalue weighted by Crippen LogP contribution is 2.17. The molecule has 86 valence electrons. The third kappa shape index (κ3) is 2.62. The summed E-state index contributed by atoms with van der Waals surface area (Å²) in [6.07, 6.45) is 5.19. The van der Waals surface area contributed by atoms with Gasteiger partial charge in [0.15, 0.2) is 0 Å². The van der Waals surface area contributed by atoms with Crippen LogP contribution < -0.4 is 10.5 Å². The second-order valence-electron chi connectivity index (χ2n) is 3.83. The number of likely N-dealkylation sites (tertiary alicyclic amines) is 1. The molecule has 1 aromatic rings. The third-order valence-corrected chi connectivity index (χ3v) is 2.69. The molecular weight excluding hydrogens is 206 g/mol. The lowest BCUT2D eigenvalue weighted by Crippen LogP contribution is -2.44. The number of primary amides is 1. The van der Waals surface area contributed by atoms with Gasteiger partial charge < -0.3 is 15.4 Å². The average molecular weight is 221 g/mol. The molecule has 0 unspecified atom stereocenters. The Balaban J connectivity index is 1.84. The molecule has 2 rings (SSSR count). The Morgan fingerprint density at radius 2 is 2.25 bits per heavy atom. The molecular formula is C11H15N3O2. The van der Waals surface area contributed by atoms with Crippen LogP contribution in [0, 0.1) is 0 Å². The molecule has 0 atom stereocenters. The van der Waals surface area contributed by atoms with Gasteiger partial charge in [-0.15, -0.1) is 0 Å². The molecule has 1 aromatic heterocycles. The van der Waals surface area contributed by atoms with Crippen LogP contribution in [-0.2, 0) is 0 Å². The van der Waals surface area contributed by atoms with Crippen LogP contribution in [0.4, 0.5) is 4.79 Å². The maximum Gasteiger partial charge on any atom is 0.314 e. The number of carbonyl (C=O) groups excluding carboxylic acids is 1. The molecule has 2 heterocycles. The number of piperidine rings is 1. The molecule has 0 aliphatic carbocycles. The number of pyridine rings is 1. The monoisotopic (exact) mass is 221 g/mol. The summed E-state index contributed by atoms with van der Waals surface area (Å²) in [5.74, 6) is 0.778. The molecule has 5 nitrogen and oxygen atoms in total. The Kier molecular flexibility index (Phi) is 3.24. The Hall–Kier alpha value is -1.78. The standard InChI is InChI=1S/C11H15N3O2/c12-11(15)14-6-3-9(4-7-14)16-10-2-1-5-13-8-10/h1-2,5,8-9H,3-4,6-7H2,(H2,12,15). The minimum Gasteiger partial charge on any atom is -0.489 e. The molecule has 16 heavy (non-hydrogen) atoms. The van der Waals surface area contributed by atoms with E-state index in [1.54, 1.807) is 17.3 Å². The van der Waals surface area contributed by atoms with Gasteiger partial charge in [0.2, 0.25) is 0 Å². The van der Waals surface area contributed by atoms with Crippen molar-refractivity contribution in [1.82, 2.24) is 9.88 Å². The van der Waals surface area contributed by atoms with Crippen molar-refractivity contribution in [3.8, 4) is 5.75 Å². The molecule has 0 saturated carbocycles. The highest BCUT2D eigenvalue weighted by atomic mass is 16.5. The SMILES string of the molecule is NC(=O)N1CCC(Oc2cccnc2)CC1. The van der Waals surface area contributed by atoms with Gasteiger partial charge in [-0.05, 0) is 12.1 Å². The Bertz CT molecular complexity index is 348. The van der Waals surface area contributed by atoms with Gasteiger partial charge in [0.05, 0.1) is 6.20 Å². The zero-order valence-corrected chi connectivity index (χ0v) is 9.00. The number of rotatable bonds is 2. The molecule has 1 aliphatic rings. The Morgan fingerprint density at radius 3 is 2.81 bits per heavy atom. The lowest BCUT2D eigenvalue weighted by Gasteiger charge is -2.30. The van der Waals surface area contributed by atoms with Crippen LogP contribution in [0.2, 0.25) is 0 Å². The number of amides is 2. The van der Waals surface area contributed by atoms with Gasteiger partial charge in [-0.2, -0.15) is 0 Å². The van der Waals surface area contributed by atoms with Crippen LogP contribution in [0.1, 0.15) is 12.8 Å². The van der Waals surface area contributed by atoms with E-state index in [-0.39, 0.29) is 12.1 Å². The quantitative estimate of drug-likeness (QED) is 0.810. The van der Waals surface area contributed by atoms with Gasteiger partial charge in [0.1, 0.15) is 11.9 Å². The van der Waals surface area contributed by atoms with Crippen LogP contribution in [0.15, 0.2) is 24.5 Å². The topological polar surface area (TPSA) is 68.5 Å². The summed E-state index contributed by atoms with van der Waals surface area (Å²) in [4.78, 5) is 16.5. The molecule has 0 spiro atoms. The second kappa shape index (κ2) is 4.83. The second-order valence-corrected chi connectivity index (χ2v) is 3.83. The van der Waals surface area contributed by atoms with E-state index in [9.17, 15) is 4.79 Å². The largest absolute Gasteiger partial charge is 0.489 e. The van der Waals surface area contributed by atoms with Crippen molar-refractivity contribution in [3.63, 3.8) is 0 Å². The predicted molar refractivity (Wildman–Crippen MR) is 59.0 cm³/mol. The Labute approximate surface area is 94.2 Å². The fraction of sp³-hybridized carbons (Fsp3) is 0.455. The Morgan fingerprint density at radius 1 is 1.50 bits per heavy atom. The first-order valence-corrected chi connectivity index (χ1v) is 5.37. The average Bonchev–Trinajstić information content (AvgIpc) is 2.31. The third-order valence-electron chi connectivity index (χ3n) is 2.69. The zero-order chi connectivity index (χ0) is 11.4. The van der Waals surface area contributed by atoms with Crippen LogP contribution in [0.3, 0.4) is 0 Å². The normalized spacial score (nSPS) is 17.1. The summed E-state index contributed by atoms with van der Waals surface area (Å²) < 4.78 is 5.74. The van der Waals surface area contributed by atoms with E-state index in [2.05, 4.69) is 4.98 Å². The first-order chi connectivity index (χ1) is 7.75. The zero-order valence-electron chi connectivity index (χ0n) is 9.00. The predicted octanol–water partition coefficient (Wildman–Crippen LogP) is 1.00. The highest BCUT2D eigenvalue weighted by molar-refractivity contribution is 5.72. The molecule has 0 aromatic carbocycles. The number of ether oxygens (including phenoxy) is 1. The van der Waals surface area contributed by atoms with Crippen LogP contribution in [0.5, 0.6) is 5.75 Å². The maximum absolute atomic E-state index is 10.9. The molecule has 0 radical (unpaired) electrons. The van der Waals surface area contributed by atoms with E-state index in [0.29, 0.717) is 13.1 Å². The van der Waals surface area contributed by atoms with Crippen LogP contribution >= 0.6 is 0 Å². The van der Waals surface area contributed by atoms with E-state index < -0.39 is 0 Å². The summed E-state index contributed by atoms with van der Waals surface area (Å²) >= 11 is 0. The first-order valence-electron chi connectivity index (χ1n) is 5.37. The van der Waals surface area contributed by atoms with Gasteiger partial charge in [0.25, 0.3) is 0 Å². The number of carbonyl (C=O) groups is 1.